The minimum Gasteiger partial charge on any atom is -0.358 e. The summed E-state index contributed by atoms with van der Waals surface area (Å²) in [5.41, 5.74) is 4.82. The van der Waals surface area contributed by atoms with Crippen molar-refractivity contribution in [1.29, 1.82) is 0 Å². The van der Waals surface area contributed by atoms with Gasteiger partial charge in [-0.25, -0.2) is 0 Å². The number of benzene rings is 2. The predicted molar refractivity (Wildman–Crippen MR) is 287 cm³/mol. The average molecular weight is 950 g/mol. The van der Waals surface area contributed by atoms with Crippen molar-refractivity contribution in [2.45, 2.75) is 181 Å². The van der Waals surface area contributed by atoms with Crippen molar-refractivity contribution in [3.05, 3.63) is 70.8 Å². The normalized spacial score (nSPS) is 17.4. The van der Waals surface area contributed by atoms with Crippen molar-refractivity contribution in [3.63, 3.8) is 0 Å². The molecular formula is C52H84N8S4. The van der Waals surface area contributed by atoms with Gasteiger partial charge in [-0.05, 0) is 95.8 Å². The van der Waals surface area contributed by atoms with Crippen LogP contribution in [-0.2, 0) is 26.2 Å². The molecule has 6 aliphatic heterocycles. The van der Waals surface area contributed by atoms with E-state index in [1.54, 1.807) is 0 Å². The third-order valence-electron chi connectivity index (χ3n) is 13.5. The summed E-state index contributed by atoms with van der Waals surface area (Å²) in [4.78, 5) is 9.30. The molecule has 356 valence electrons. The maximum absolute atomic E-state index is 6.08. The van der Waals surface area contributed by atoms with E-state index in [-0.39, 0.29) is 0 Å². The summed E-state index contributed by atoms with van der Waals surface area (Å²) < 4.78 is 0. The van der Waals surface area contributed by atoms with Gasteiger partial charge in [-0.15, -0.1) is 0 Å². The summed E-state index contributed by atoms with van der Waals surface area (Å²) in [6.07, 6.45) is 29.5. The Kier molecular flexibility index (Phi) is 24.8. The van der Waals surface area contributed by atoms with Crippen LogP contribution in [0.25, 0.3) is 0 Å². The molecule has 6 heterocycles. The molecule has 2 aromatic rings. The monoisotopic (exact) mass is 949 g/mol. The lowest BCUT2D eigenvalue weighted by Crippen LogP contribution is -2.57. The summed E-state index contributed by atoms with van der Waals surface area (Å²) in [5, 5.41) is 17.6. The van der Waals surface area contributed by atoms with Crippen LogP contribution in [0.4, 0.5) is 0 Å². The third-order valence-corrected chi connectivity index (χ3v) is 15.1. The highest BCUT2D eigenvalue weighted by Crippen LogP contribution is 2.23. The second-order valence-corrected chi connectivity index (χ2v) is 20.7. The molecule has 0 amide bonds. The van der Waals surface area contributed by atoms with Gasteiger partial charge in [-0.2, -0.15) is 0 Å². The van der Waals surface area contributed by atoms with E-state index in [1.807, 2.05) is 0 Å². The van der Waals surface area contributed by atoms with Crippen molar-refractivity contribution in [2.75, 3.05) is 39.5 Å². The second-order valence-electron chi connectivity index (χ2n) is 19.1. The summed E-state index contributed by atoms with van der Waals surface area (Å²) in [5.74, 6) is 1.01. The van der Waals surface area contributed by atoms with Crippen LogP contribution in [-0.4, -0.2) is 79.6 Å². The zero-order valence-corrected chi connectivity index (χ0v) is 43.1. The predicted octanol–water partition coefficient (Wildman–Crippen LogP) is 11.9. The minimum atomic E-state index is 0.507. The Morgan fingerprint density at radius 3 is 0.812 bits per heavy atom. The van der Waals surface area contributed by atoms with Crippen LogP contribution < -0.4 is 21.3 Å². The van der Waals surface area contributed by atoms with Crippen molar-refractivity contribution >= 4 is 69.3 Å². The van der Waals surface area contributed by atoms with Gasteiger partial charge in [-0.1, -0.05) is 191 Å². The lowest BCUT2D eigenvalue weighted by Gasteiger charge is -2.42. The minimum absolute atomic E-state index is 0.507. The van der Waals surface area contributed by atoms with E-state index in [2.05, 4.69) is 103 Å². The van der Waals surface area contributed by atoms with Crippen molar-refractivity contribution in [3.8, 4) is 0 Å². The molecule has 0 saturated carbocycles. The molecule has 0 radical (unpaired) electrons. The Morgan fingerprint density at radius 1 is 0.359 bits per heavy atom. The third kappa shape index (κ3) is 19.6. The van der Waals surface area contributed by atoms with Gasteiger partial charge >= 0.3 is 0 Å². The number of nitrogens with one attached hydrogen (secondary N) is 4. The number of hydrogen-bond acceptors (Lipinski definition) is 4. The van der Waals surface area contributed by atoms with Gasteiger partial charge in [-0.3, -0.25) is 0 Å². The van der Waals surface area contributed by atoms with Crippen LogP contribution in [0.1, 0.15) is 177 Å². The molecule has 2 saturated heterocycles. The van der Waals surface area contributed by atoms with Gasteiger partial charge in [0, 0.05) is 52.4 Å². The zero-order chi connectivity index (χ0) is 45.2. The molecule has 8 rings (SSSR count). The first kappa shape index (κ1) is 52.2. The van der Waals surface area contributed by atoms with Crippen LogP contribution in [0.15, 0.2) is 48.5 Å². The molecule has 6 aliphatic rings. The number of nitrogens with zero attached hydrogens (tertiary/aromatic N) is 4. The molecule has 0 unspecified atom stereocenters. The largest absolute Gasteiger partial charge is 0.358 e. The first-order chi connectivity index (χ1) is 31.3. The van der Waals surface area contributed by atoms with Crippen molar-refractivity contribution in [1.82, 2.24) is 40.9 Å². The molecule has 2 aromatic carbocycles. The molecule has 12 heteroatoms. The van der Waals surface area contributed by atoms with E-state index in [4.69, 9.17) is 48.9 Å². The van der Waals surface area contributed by atoms with Crippen LogP contribution in [0.5, 0.6) is 0 Å². The van der Waals surface area contributed by atoms with Gasteiger partial charge in [0.1, 0.15) is 0 Å². The highest BCUT2D eigenvalue weighted by Gasteiger charge is 2.30. The highest BCUT2D eigenvalue weighted by molar-refractivity contribution is 7.80. The van der Waals surface area contributed by atoms with E-state index in [1.165, 1.54) is 164 Å². The number of rotatable bonds is 22. The molecular weight excluding hydrogens is 865 g/mol. The topological polar surface area (TPSA) is 61.1 Å². The van der Waals surface area contributed by atoms with Crippen molar-refractivity contribution < 1.29 is 0 Å². The van der Waals surface area contributed by atoms with Crippen molar-refractivity contribution in [2.24, 2.45) is 11.8 Å². The zero-order valence-electron chi connectivity index (χ0n) is 39.8. The number of hydrogen-bond donors (Lipinski definition) is 4. The number of thiocarbonyl (C=S) groups is 4. The van der Waals surface area contributed by atoms with E-state index in [9.17, 15) is 0 Å². The van der Waals surface area contributed by atoms with Gasteiger partial charge < -0.3 is 40.9 Å². The van der Waals surface area contributed by atoms with E-state index < -0.39 is 0 Å². The molecule has 0 aromatic heterocycles. The molecule has 8 bridgehead atoms. The molecule has 0 aliphatic carbocycles. The average Bonchev–Trinajstić information content (AvgIpc) is 3.32. The quantitative estimate of drug-likeness (QED) is 0.0672. The van der Waals surface area contributed by atoms with Crippen LogP contribution in [0.3, 0.4) is 0 Å². The van der Waals surface area contributed by atoms with Gasteiger partial charge in [0.15, 0.2) is 20.4 Å². The van der Waals surface area contributed by atoms with E-state index in [0.717, 1.165) is 46.6 Å². The molecule has 0 atom stereocenters. The molecule has 8 nitrogen and oxygen atoms in total. The summed E-state index contributed by atoms with van der Waals surface area (Å²) in [7, 11) is 0. The maximum atomic E-state index is 6.08. The highest BCUT2D eigenvalue weighted by atomic mass is 32.1. The standard InChI is InChI=1S/C52H84N8S4/c1-3-5-7-9-11-13-15-17-19-21-23-47-37-57-41-58(38-47)50(62)54-34-44-27-31-46(32-28-44)36-56-52(64)60-40-48(24-22-20-18-16-14-12-10-8-6-4-2)39-59(42-60)51(63)55-35-45-29-25-43(26-30-45)33-53-49(57)61/h25-32,47-48H,3-24,33-42H2,1-2H3,(H,53,61)(H,54,62)(H,55,63)(H,56,64). The van der Waals surface area contributed by atoms with Gasteiger partial charge in [0.05, 0.1) is 13.3 Å². The Morgan fingerprint density at radius 2 is 0.578 bits per heavy atom. The Bertz CT molecular complexity index is 1440. The van der Waals surface area contributed by atoms with E-state index in [0.29, 0.717) is 51.4 Å². The Labute approximate surface area is 411 Å². The fourth-order valence-electron chi connectivity index (χ4n) is 9.51. The Balaban J connectivity index is 1.18. The van der Waals surface area contributed by atoms with Gasteiger partial charge in [0.25, 0.3) is 0 Å². The fourth-order valence-corrected chi connectivity index (χ4v) is 10.3. The lowest BCUT2D eigenvalue weighted by molar-refractivity contribution is 0.145. The molecule has 4 N–H and O–H groups in total. The molecule has 0 spiro atoms. The van der Waals surface area contributed by atoms with Gasteiger partial charge in [0.2, 0.25) is 0 Å². The Hall–Kier alpha value is -2.80. The summed E-state index contributed by atoms with van der Waals surface area (Å²) in [6, 6.07) is 17.6. The first-order valence-corrected chi connectivity index (χ1v) is 27.2. The summed E-state index contributed by atoms with van der Waals surface area (Å²) >= 11 is 24.3. The SMILES string of the molecule is CCCCCCCCCCCCC1CN2CN(C1)C(=S)NCc1ccc(cc1)CNC(=S)N1CC(CCCCCCCCCCCC)CN(C1)C(=S)NCc1ccc(cc1)CNC2=S. The second kappa shape index (κ2) is 30.5. The van der Waals surface area contributed by atoms with Crippen LogP contribution >= 0.6 is 48.9 Å². The maximum Gasteiger partial charge on any atom is 0.170 e. The molecule has 64 heavy (non-hydrogen) atoms. The summed E-state index contributed by atoms with van der Waals surface area (Å²) in [6.45, 7) is 12.5. The fraction of sp³-hybridized carbons (Fsp3) is 0.692. The van der Waals surface area contributed by atoms with Crippen LogP contribution in [0, 0.1) is 11.8 Å². The first-order valence-electron chi connectivity index (χ1n) is 25.6. The van der Waals surface area contributed by atoms with E-state index >= 15 is 0 Å². The number of unbranched alkanes of at least 4 members (excludes halogenated alkanes) is 18. The van der Waals surface area contributed by atoms with Crippen LogP contribution in [0.2, 0.25) is 0 Å². The lowest BCUT2D eigenvalue weighted by atomic mass is 9.97. The smallest absolute Gasteiger partial charge is 0.170 e. The molecule has 2 fully saturated rings.